The zero-order chi connectivity index (χ0) is 5.86. The number of ether oxygens (including phenoxy) is 1. The van der Waals surface area contributed by atoms with Gasteiger partial charge in [0.15, 0.2) is 0 Å². The molecule has 0 aromatic rings. The Morgan fingerprint density at radius 2 is 1.38 bits per heavy atom. The van der Waals surface area contributed by atoms with E-state index in [4.69, 9.17) is 10.2 Å². The Balaban J connectivity index is 0. The van der Waals surface area contributed by atoms with Gasteiger partial charge in [-0.2, -0.15) is 0 Å². The smallest absolute Gasteiger partial charge is 0.449 e. The lowest BCUT2D eigenvalue weighted by atomic mass is 11.3. The second-order valence-electron chi connectivity index (χ2n) is 0.634. The molecule has 0 spiro atoms. The Morgan fingerprint density at radius 1 is 1.12 bits per heavy atom. The molecule has 0 saturated heterocycles. The number of hydrogen-bond donors (Lipinski definition) is 2. The molecule has 0 rings (SSSR count). The second kappa shape index (κ2) is 3.85. The second-order valence-corrected chi connectivity index (χ2v) is 0.634. The molecule has 0 radical (unpaired) electrons. The standard InChI is InChI=1S/C2H2O5.FH/c3-1(4)7-2(5)6;/h(H,3,4)(H,5,6);1H. The van der Waals surface area contributed by atoms with Crippen LogP contribution in [0.15, 0.2) is 0 Å². The fraction of sp³-hybridized carbons (Fsp3) is 0. The molecule has 6 heteroatoms. The molecule has 0 unspecified atom stereocenters. The fourth-order valence-corrected chi connectivity index (χ4v) is 0.0747. The van der Waals surface area contributed by atoms with Gasteiger partial charge in [0.25, 0.3) is 0 Å². The van der Waals surface area contributed by atoms with Crippen LogP contribution in [-0.2, 0) is 4.74 Å². The van der Waals surface area contributed by atoms with Crippen molar-refractivity contribution in [2.24, 2.45) is 0 Å². The van der Waals surface area contributed by atoms with E-state index in [1.165, 1.54) is 0 Å². The lowest BCUT2D eigenvalue weighted by Crippen LogP contribution is -2.05. The summed E-state index contributed by atoms with van der Waals surface area (Å²) >= 11 is 0. The lowest BCUT2D eigenvalue weighted by molar-refractivity contribution is 0.0802. The summed E-state index contributed by atoms with van der Waals surface area (Å²) in [6.45, 7) is 0. The summed E-state index contributed by atoms with van der Waals surface area (Å²) in [4.78, 5) is 18.4. The van der Waals surface area contributed by atoms with Gasteiger partial charge in [-0.1, -0.05) is 0 Å². The molecule has 2 N–H and O–H groups in total. The number of rotatable bonds is 0. The number of carbonyl (C=O) groups is 2. The molecule has 0 heterocycles. The van der Waals surface area contributed by atoms with Gasteiger partial charge in [-0.15, -0.1) is 0 Å². The Bertz CT molecular complexity index is 86.6. The van der Waals surface area contributed by atoms with Crippen LogP contribution in [0, 0.1) is 0 Å². The minimum absolute atomic E-state index is 0. The van der Waals surface area contributed by atoms with E-state index < -0.39 is 12.3 Å². The number of carboxylic acid groups (broad SMARTS) is 2. The highest BCUT2D eigenvalue weighted by atomic mass is 19.0. The zero-order valence-corrected chi connectivity index (χ0v) is 3.53. The van der Waals surface area contributed by atoms with E-state index in [1.807, 2.05) is 0 Å². The summed E-state index contributed by atoms with van der Waals surface area (Å²) in [7, 11) is 0. The molecule has 0 bridgehead atoms. The highest BCUT2D eigenvalue weighted by Gasteiger charge is 2.01. The summed E-state index contributed by atoms with van der Waals surface area (Å²) in [5.74, 6) is 0. The summed E-state index contributed by atoms with van der Waals surface area (Å²) in [5.41, 5.74) is 0. The molecule has 0 amide bonds. The van der Waals surface area contributed by atoms with Gasteiger partial charge in [0.05, 0.1) is 0 Å². The van der Waals surface area contributed by atoms with Crippen LogP contribution in [0.2, 0.25) is 0 Å². The van der Waals surface area contributed by atoms with Gasteiger partial charge in [0.1, 0.15) is 0 Å². The highest BCUT2D eigenvalue weighted by Crippen LogP contribution is 1.73. The first-order chi connectivity index (χ1) is 3.13. The van der Waals surface area contributed by atoms with E-state index in [9.17, 15) is 9.59 Å². The van der Waals surface area contributed by atoms with Crippen LogP contribution in [0.3, 0.4) is 0 Å². The van der Waals surface area contributed by atoms with Crippen LogP contribution in [0.5, 0.6) is 0 Å². The largest absolute Gasteiger partial charge is 0.516 e. The van der Waals surface area contributed by atoms with Crippen LogP contribution in [0.4, 0.5) is 14.3 Å². The third-order valence-electron chi connectivity index (χ3n) is 0.175. The van der Waals surface area contributed by atoms with Crippen LogP contribution in [0.1, 0.15) is 0 Å². The van der Waals surface area contributed by atoms with Crippen molar-refractivity contribution in [2.75, 3.05) is 0 Å². The van der Waals surface area contributed by atoms with Crippen molar-refractivity contribution in [1.82, 2.24) is 0 Å². The van der Waals surface area contributed by atoms with Crippen molar-refractivity contribution in [3.8, 4) is 0 Å². The fourth-order valence-electron chi connectivity index (χ4n) is 0.0747. The van der Waals surface area contributed by atoms with E-state index in [0.29, 0.717) is 0 Å². The summed E-state index contributed by atoms with van der Waals surface area (Å²) < 4.78 is 3.08. The number of hydrogen-bond acceptors (Lipinski definition) is 3. The van der Waals surface area contributed by atoms with Gasteiger partial charge in [0, 0.05) is 0 Å². The molecule has 0 aliphatic rings. The normalized spacial score (nSPS) is 6.50. The topological polar surface area (TPSA) is 83.8 Å². The maximum atomic E-state index is 9.21. The highest BCUT2D eigenvalue weighted by molar-refractivity contribution is 5.74. The van der Waals surface area contributed by atoms with Crippen molar-refractivity contribution < 1.29 is 29.2 Å². The first-order valence-corrected chi connectivity index (χ1v) is 1.26. The van der Waals surface area contributed by atoms with Crippen molar-refractivity contribution in [2.45, 2.75) is 0 Å². The first kappa shape index (κ1) is 9.83. The summed E-state index contributed by atoms with van der Waals surface area (Å²) in [6, 6.07) is 0. The minimum Gasteiger partial charge on any atom is -0.449 e. The summed E-state index contributed by atoms with van der Waals surface area (Å²) in [5, 5.41) is 15.0. The molecule has 0 atom stereocenters. The van der Waals surface area contributed by atoms with Gasteiger partial charge in [-0.25, -0.2) is 9.59 Å². The van der Waals surface area contributed by atoms with E-state index in [0.717, 1.165) is 0 Å². The first-order valence-electron chi connectivity index (χ1n) is 1.26. The quantitative estimate of drug-likeness (QED) is 0.365. The summed E-state index contributed by atoms with van der Waals surface area (Å²) in [6.07, 6.45) is -3.62. The molecule has 0 aliphatic carbocycles. The van der Waals surface area contributed by atoms with Crippen molar-refractivity contribution in [1.29, 1.82) is 0 Å². The van der Waals surface area contributed by atoms with Crippen LogP contribution < -0.4 is 0 Å². The van der Waals surface area contributed by atoms with Gasteiger partial charge >= 0.3 is 12.3 Å². The average molecular weight is 126 g/mol. The van der Waals surface area contributed by atoms with Gasteiger partial charge < -0.3 is 14.9 Å². The Labute approximate surface area is 42.9 Å². The lowest BCUT2D eigenvalue weighted by Gasteiger charge is -1.84. The molecule has 48 valence electrons. The zero-order valence-electron chi connectivity index (χ0n) is 3.53. The molecule has 0 fully saturated rings. The third kappa shape index (κ3) is 8.82. The van der Waals surface area contributed by atoms with Gasteiger partial charge in [0.2, 0.25) is 0 Å². The molecule has 0 aromatic heterocycles. The Hall–Kier alpha value is -1.33. The van der Waals surface area contributed by atoms with Gasteiger partial charge in [-0.3, -0.25) is 4.70 Å². The molecule has 5 nitrogen and oxygen atoms in total. The molecule has 8 heavy (non-hydrogen) atoms. The Morgan fingerprint density at radius 3 is 1.38 bits per heavy atom. The maximum absolute atomic E-state index is 9.21. The molecular weight excluding hydrogens is 123 g/mol. The predicted octanol–water partition coefficient (Wildman–Crippen LogP) is 0.511. The van der Waals surface area contributed by atoms with E-state index in [1.54, 1.807) is 0 Å². The van der Waals surface area contributed by atoms with E-state index in [2.05, 4.69) is 4.74 Å². The monoisotopic (exact) mass is 126 g/mol. The molecule has 0 aromatic carbocycles. The Kier molecular flexibility index (Phi) is 4.73. The molecule has 0 aliphatic heterocycles. The minimum atomic E-state index is -1.81. The third-order valence-corrected chi connectivity index (χ3v) is 0.175. The van der Waals surface area contributed by atoms with Crippen LogP contribution in [-0.4, -0.2) is 22.5 Å². The predicted molar refractivity (Wildman–Crippen MR) is 19.6 cm³/mol. The van der Waals surface area contributed by atoms with E-state index in [-0.39, 0.29) is 4.70 Å². The van der Waals surface area contributed by atoms with Crippen LogP contribution in [0.25, 0.3) is 0 Å². The average Bonchev–Trinajstić information content (AvgIpc) is 1.27. The SMILES string of the molecule is F.O=C(O)OC(=O)O. The maximum Gasteiger partial charge on any atom is 0.516 e. The van der Waals surface area contributed by atoms with Crippen molar-refractivity contribution in [3.63, 3.8) is 0 Å². The molecular formula is C2H3FO5. The van der Waals surface area contributed by atoms with Gasteiger partial charge in [-0.05, 0) is 0 Å². The van der Waals surface area contributed by atoms with E-state index >= 15 is 0 Å². The number of halogens is 1. The van der Waals surface area contributed by atoms with Crippen molar-refractivity contribution >= 4 is 12.3 Å². The van der Waals surface area contributed by atoms with Crippen molar-refractivity contribution in [3.05, 3.63) is 0 Å². The molecule has 0 saturated carbocycles. The van der Waals surface area contributed by atoms with Crippen LogP contribution >= 0.6 is 0 Å².